The number of hydrogen-bond donors (Lipinski definition) is 9. The molecular formula is C85H145NO13. The average Bonchev–Trinajstić information content (AvgIpc) is 0.793. The molecule has 1 amide bonds. The Morgan fingerprint density at radius 1 is 0.374 bits per heavy atom. The molecule has 0 radical (unpaired) electrons. The quantitative estimate of drug-likeness (QED) is 0.0204. The zero-order chi connectivity index (χ0) is 71.5. The fourth-order valence-corrected chi connectivity index (χ4v) is 12.3. The maximum Gasteiger partial charge on any atom is 0.220 e. The van der Waals surface area contributed by atoms with E-state index < -0.39 is 86.8 Å². The van der Waals surface area contributed by atoms with Crippen molar-refractivity contribution in [3.8, 4) is 0 Å². The number of amides is 1. The van der Waals surface area contributed by atoms with Crippen molar-refractivity contribution < 1.29 is 64.6 Å². The zero-order valence-electron chi connectivity index (χ0n) is 62.2. The van der Waals surface area contributed by atoms with Gasteiger partial charge in [-0.25, -0.2) is 0 Å². The standard InChI is InChI=1S/C85H145NO13/c1-3-5-7-9-11-13-15-17-19-21-23-25-27-29-31-33-34-35-36-37-38-39-40-41-43-45-47-49-51-53-55-57-59-61-63-65-67-69-77(90)86-73(72-96-84-82(95)80(93)83(76(71-88)98-84)99-85-81(94)79(92)78(91)75(70-87)97-85)74(89)68-66-64-62-60-58-56-54-52-50-48-46-44-42-32-30-28-26-24-22-20-18-16-14-12-10-8-6-4-2/h5,7,11,13,17,19,23,25,29,31,34-35,37-38,40-41,45,47,58,60,66,68,73-76,78-85,87-89,91-95H,3-4,6,8-10,12,14-16,18,20-22,24,26-28,30,32-33,36,39,42-44,46,48-57,59,61-65,67,69-72H2,1-2H3,(H,86,90)/b7-5-,13-11-,19-17-,25-23-,31-29-,35-34-,38-37-,41-40-,47-45-,60-58+,68-66+. The van der Waals surface area contributed by atoms with Crippen molar-refractivity contribution in [2.24, 2.45) is 0 Å². The summed E-state index contributed by atoms with van der Waals surface area (Å²) in [4.78, 5) is 13.4. The highest BCUT2D eigenvalue weighted by Crippen LogP contribution is 2.30. The first-order valence-corrected chi connectivity index (χ1v) is 39.9. The minimum Gasteiger partial charge on any atom is -0.394 e. The highest BCUT2D eigenvalue weighted by molar-refractivity contribution is 5.76. The molecule has 0 aromatic carbocycles. The Labute approximate surface area is 602 Å². The Balaban J connectivity index is 1.65. The summed E-state index contributed by atoms with van der Waals surface area (Å²) in [6.45, 7) is 2.69. The zero-order valence-corrected chi connectivity index (χ0v) is 62.2. The molecule has 14 heteroatoms. The molecule has 12 atom stereocenters. The molecule has 2 fully saturated rings. The fraction of sp³-hybridized carbons (Fsp3) is 0.729. The van der Waals surface area contributed by atoms with Crippen LogP contribution in [0, 0.1) is 0 Å². The number of hydrogen-bond acceptors (Lipinski definition) is 13. The molecule has 0 saturated carbocycles. The van der Waals surface area contributed by atoms with Crippen LogP contribution in [0.1, 0.15) is 303 Å². The first-order valence-electron chi connectivity index (χ1n) is 39.9. The van der Waals surface area contributed by atoms with E-state index in [1.54, 1.807) is 6.08 Å². The minimum atomic E-state index is -1.80. The largest absolute Gasteiger partial charge is 0.394 e. The van der Waals surface area contributed by atoms with Crippen LogP contribution in [0.4, 0.5) is 0 Å². The van der Waals surface area contributed by atoms with Crippen molar-refractivity contribution in [2.45, 2.75) is 376 Å². The number of carbonyl (C=O) groups excluding carboxylic acids is 1. The van der Waals surface area contributed by atoms with Gasteiger partial charge in [0, 0.05) is 6.42 Å². The summed E-state index contributed by atoms with van der Waals surface area (Å²) < 4.78 is 22.9. The summed E-state index contributed by atoms with van der Waals surface area (Å²) in [7, 11) is 0. The molecule has 2 aliphatic rings. The molecule has 0 aromatic rings. The minimum absolute atomic E-state index is 0.258. The average molecular weight is 1390 g/mol. The van der Waals surface area contributed by atoms with Gasteiger partial charge in [0.15, 0.2) is 12.6 Å². The van der Waals surface area contributed by atoms with E-state index in [1.807, 2.05) is 6.08 Å². The second-order valence-electron chi connectivity index (χ2n) is 27.4. The van der Waals surface area contributed by atoms with Gasteiger partial charge >= 0.3 is 0 Å². The lowest BCUT2D eigenvalue weighted by Crippen LogP contribution is -2.65. The van der Waals surface area contributed by atoms with Crippen molar-refractivity contribution in [3.05, 3.63) is 134 Å². The number of aliphatic hydroxyl groups is 8. The van der Waals surface area contributed by atoms with Gasteiger partial charge in [-0.2, -0.15) is 0 Å². The summed E-state index contributed by atoms with van der Waals surface area (Å²) in [5, 5.41) is 87.6. The summed E-state index contributed by atoms with van der Waals surface area (Å²) in [6, 6.07) is -0.946. The molecule has 2 rings (SSSR count). The van der Waals surface area contributed by atoms with E-state index in [9.17, 15) is 45.6 Å². The SMILES string of the molecule is CC/C=C\C/C=C\C/C=C\C/C=C\C/C=C\C/C=C\C/C=C\C/C=C\C/C=C\CCCCCCCCCCCC(=O)NC(COC1OC(CO)C(OC2OC(CO)C(O)C(O)C2O)C(O)C1O)C(O)/C=C/CC/C=C/CCCCCCCCCCCCCCCCCCCCCCCC. The number of rotatable bonds is 65. The van der Waals surface area contributed by atoms with E-state index in [4.69, 9.17) is 18.9 Å². The van der Waals surface area contributed by atoms with Crippen molar-refractivity contribution in [1.29, 1.82) is 0 Å². The Hall–Kier alpha value is -3.87. The van der Waals surface area contributed by atoms with E-state index >= 15 is 0 Å². The number of unbranched alkanes of at least 4 members (excludes halogenated alkanes) is 32. The Kier molecular flexibility index (Phi) is 62.0. The molecule has 0 aliphatic carbocycles. The second-order valence-corrected chi connectivity index (χ2v) is 27.4. The first-order chi connectivity index (χ1) is 48.6. The molecule has 2 heterocycles. The third kappa shape index (κ3) is 50.2. The van der Waals surface area contributed by atoms with Gasteiger partial charge in [0.25, 0.3) is 0 Å². The second kappa shape index (κ2) is 67.3. The van der Waals surface area contributed by atoms with Crippen LogP contribution in [0.3, 0.4) is 0 Å². The number of ether oxygens (including phenoxy) is 4. The van der Waals surface area contributed by atoms with Crippen LogP contribution < -0.4 is 5.32 Å². The lowest BCUT2D eigenvalue weighted by molar-refractivity contribution is -0.359. The lowest BCUT2D eigenvalue weighted by atomic mass is 9.97. The van der Waals surface area contributed by atoms with Crippen molar-refractivity contribution in [1.82, 2.24) is 5.32 Å². The van der Waals surface area contributed by atoms with E-state index in [1.165, 1.54) is 167 Å². The number of nitrogens with one attached hydrogen (secondary N) is 1. The highest BCUT2D eigenvalue weighted by Gasteiger charge is 2.51. The predicted molar refractivity (Wildman–Crippen MR) is 410 cm³/mol. The normalized spacial score (nSPS) is 22.7. The van der Waals surface area contributed by atoms with Gasteiger partial charge in [-0.3, -0.25) is 4.79 Å². The van der Waals surface area contributed by atoms with Gasteiger partial charge in [0.1, 0.15) is 48.8 Å². The summed E-state index contributed by atoms with van der Waals surface area (Å²) in [5.41, 5.74) is 0. The summed E-state index contributed by atoms with van der Waals surface area (Å²) in [5.74, 6) is -0.258. The van der Waals surface area contributed by atoms with Gasteiger partial charge in [-0.15, -0.1) is 0 Å². The van der Waals surface area contributed by atoms with Crippen LogP contribution in [0.15, 0.2) is 134 Å². The molecule has 2 saturated heterocycles. The van der Waals surface area contributed by atoms with Crippen LogP contribution in [-0.4, -0.2) is 140 Å². The molecule has 568 valence electrons. The lowest BCUT2D eigenvalue weighted by Gasteiger charge is -2.46. The molecule has 0 spiro atoms. The molecule has 9 N–H and O–H groups in total. The Morgan fingerprint density at radius 2 is 0.707 bits per heavy atom. The molecule has 0 bridgehead atoms. The molecule has 14 nitrogen and oxygen atoms in total. The van der Waals surface area contributed by atoms with Crippen molar-refractivity contribution >= 4 is 5.91 Å². The van der Waals surface area contributed by atoms with Crippen LogP contribution in [0.2, 0.25) is 0 Å². The monoisotopic (exact) mass is 1390 g/mol. The number of allylic oxidation sites excluding steroid dienone is 21. The summed E-state index contributed by atoms with van der Waals surface area (Å²) >= 11 is 0. The number of carbonyl (C=O) groups is 1. The predicted octanol–water partition coefficient (Wildman–Crippen LogP) is 18.2. The Morgan fingerprint density at radius 3 is 1.11 bits per heavy atom. The van der Waals surface area contributed by atoms with Crippen LogP contribution in [0.5, 0.6) is 0 Å². The van der Waals surface area contributed by atoms with Gasteiger partial charge in [-0.1, -0.05) is 327 Å². The molecule has 2 aliphatic heterocycles. The maximum atomic E-state index is 13.4. The van der Waals surface area contributed by atoms with Crippen molar-refractivity contribution in [2.75, 3.05) is 19.8 Å². The van der Waals surface area contributed by atoms with Gasteiger partial charge < -0.3 is 65.1 Å². The number of aliphatic hydroxyl groups excluding tert-OH is 8. The third-order valence-electron chi connectivity index (χ3n) is 18.6. The van der Waals surface area contributed by atoms with E-state index in [2.05, 4.69) is 141 Å². The summed E-state index contributed by atoms with van der Waals surface area (Å²) in [6.07, 6.45) is 83.8. The van der Waals surface area contributed by atoms with Crippen LogP contribution in [0.25, 0.3) is 0 Å². The Bertz CT molecular complexity index is 2180. The van der Waals surface area contributed by atoms with Crippen molar-refractivity contribution in [3.63, 3.8) is 0 Å². The molecule has 12 unspecified atom stereocenters. The van der Waals surface area contributed by atoms with Gasteiger partial charge in [0.05, 0.1) is 32.0 Å². The molecule has 0 aromatic heterocycles. The maximum absolute atomic E-state index is 13.4. The third-order valence-corrected chi connectivity index (χ3v) is 18.6. The molecule has 99 heavy (non-hydrogen) atoms. The highest BCUT2D eigenvalue weighted by atomic mass is 16.7. The van der Waals surface area contributed by atoms with E-state index in [0.29, 0.717) is 12.8 Å². The van der Waals surface area contributed by atoms with E-state index in [-0.39, 0.29) is 18.9 Å². The van der Waals surface area contributed by atoms with Gasteiger partial charge in [0.2, 0.25) is 5.91 Å². The first kappa shape index (κ1) is 91.2. The fourth-order valence-electron chi connectivity index (χ4n) is 12.3. The molecular weight excluding hydrogens is 1240 g/mol. The van der Waals surface area contributed by atoms with E-state index in [0.717, 1.165) is 103 Å². The van der Waals surface area contributed by atoms with Crippen LogP contribution in [-0.2, 0) is 23.7 Å². The van der Waals surface area contributed by atoms with Gasteiger partial charge in [-0.05, 0) is 103 Å². The topological polar surface area (TPSA) is 228 Å². The van der Waals surface area contributed by atoms with Crippen LogP contribution >= 0.6 is 0 Å². The smallest absolute Gasteiger partial charge is 0.220 e.